The van der Waals surface area contributed by atoms with Crippen LogP contribution in [0.15, 0.2) is 0 Å². The van der Waals surface area contributed by atoms with E-state index < -0.39 is 0 Å². The molecule has 0 unspecified atom stereocenters. The molecule has 60 valence electrons. The lowest BCUT2D eigenvalue weighted by atomic mass is 10.2. The summed E-state index contributed by atoms with van der Waals surface area (Å²) in [6.07, 6.45) is 0. The van der Waals surface area contributed by atoms with Crippen molar-refractivity contribution in [3.63, 3.8) is 0 Å². The number of rotatable bonds is 2. The van der Waals surface area contributed by atoms with Gasteiger partial charge in [-0.15, -0.1) is 0 Å². The molecule has 0 aromatic carbocycles. The van der Waals surface area contributed by atoms with Crippen LogP contribution in [-0.2, 0) is 0 Å². The maximum Gasteiger partial charge on any atom is 0.315 e. The minimum Gasteiger partial charge on any atom is -0.351 e. The van der Waals surface area contributed by atoms with Crippen molar-refractivity contribution in [3.05, 3.63) is 0 Å². The SMILES string of the molecule is CC(C)N(C(N)=O)C(C)C. The first kappa shape index (κ1) is 9.27. The van der Waals surface area contributed by atoms with Crippen LogP contribution in [0, 0.1) is 0 Å². The molecule has 0 aliphatic carbocycles. The number of amides is 2. The van der Waals surface area contributed by atoms with Gasteiger partial charge in [0.15, 0.2) is 0 Å². The van der Waals surface area contributed by atoms with E-state index in [4.69, 9.17) is 5.73 Å². The van der Waals surface area contributed by atoms with Gasteiger partial charge in [-0.05, 0) is 27.7 Å². The fourth-order valence-electron chi connectivity index (χ4n) is 1.11. The van der Waals surface area contributed by atoms with E-state index in [0.717, 1.165) is 0 Å². The Kier molecular flexibility index (Phi) is 3.19. The molecule has 2 amide bonds. The number of hydrogen-bond donors (Lipinski definition) is 1. The third kappa shape index (κ3) is 2.25. The molecule has 0 aromatic heterocycles. The minimum atomic E-state index is -0.343. The van der Waals surface area contributed by atoms with Crippen LogP contribution >= 0.6 is 0 Å². The van der Waals surface area contributed by atoms with Crippen LogP contribution in [0.2, 0.25) is 0 Å². The molecule has 0 heterocycles. The lowest BCUT2D eigenvalue weighted by Gasteiger charge is -2.28. The lowest BCUT2D eigenvalue weighted by molar-refractivity contribution is 0.174. The van der Waals surface area contributed by atoms with Crippen LogP contribution in [-0.4, -0.2) is 23.0 Å². The van der Waals surface area contributed by atoms with Gasteiger partial charge in [-0.2, -0.15) is 0 Å². The molecule has 0 atom stereocenters. The summed E-state index contributed by atoms with van der Waals surface area (Å²) < 4.78 is 0. The van der Waals surface area contributed by atoms with E-state index in [1.807, 2.05) is 27.7 Å². The van der Waals surface area contributed by atoms with Gasteiger partial charge in [0.1, 0.15) is 0 Å². The Labute approximate surface area is 62.2 Å². The minimum absolute atomic E-state index is 0.192. The van der Waals surface area contributed by atoms with Crippen molar-refractivity contribution in [1.29, 1.82) is 0 Å². The molecule has 0 spiro atoms. The van der Waals surface area contributed by atoms with E-state index in [1.54, 1.807) is 4.90 Å². The molecular weight excluding hydrogens is 128 g/mol. The maximum atomic E-state index is 10.7. The number of carbonyl (C=O) groups excluding carboxylic acids is 1. The summed E-state index contributed by atoms with van der Waals surface area (Å²) in [7, 11) is 0. The van der Waals surface area contributed by atoms with Crippen LogP contribution < -0.4 is 5.73 Å². The zero-order valence-corrected chi connectivity index (χ0v) is 7.09. The molecule has 0 saturated heterocycles. The van der Waals surface area contributed by atoms with E-state index in [2.05, 4.69) is 0 Å². The highest BCUT2D eigenvalue weighted by Gasteiger charge is 2.15. The number of urea groups is 1. The maximum absolute atomic E-state index is 10.7. The Bertz CT molecular complexity index is 113. The first-order valence-corrected chi connectivity index (χ1v) is 3.54. The second-order valence-electron chi connectivity index (χ2n) is 2.93. The quantitative estimate of drug-likeness (QED) is 0.621. The Morgan fingerprint density at radius 2 is 1.50 bits per heavy atom. The average molecular weight is 144 g/mol. The fourth-order valence-corrected chi connectivity index (χ4v) is 1.11. The predicted octanol–water partition coefficient (Wildman–Crippen LogP) is 1.18. The molecule has 0 aliphatic heterocycles. The molecule has 0 aliphatic rings. The summed E-state index contributed by atoms with van der Waals surface area (Å²) in [6, 6.07) is 0.0417. The normalized spacial score (nSPS) is 10.6. The van der Waals surface area contributed by atoms with E-state index >= 15 is 0 Å². The Balaban J connectivity index is 4.12. The van der Waals surface area contributed by atoms with Gasteiger partial charge < -0.3 is 10.6 Å². The molecule has 0 aromatic rings. The highest BCUT2D eigenvalue weighted by molar-refractivity contribution is 5.72. The highest BCUT2D eigenvalue weighted by Crippen LogP contribution is 2.02. The number of hydrogen-bond acceptors (Lipinski definition) is 1. The van der Waals surface area contributed by atoms with E-state index in [0.29, 0.717) is 0 Å². The summed E-state index contributed by atoms with van der Waals surface area (Å²) in [5.41, 5.74) is 5.13. The van der Waals surface area contributed by atoms with Crippen LogP contribution in [0.3, 0.4) is 0 Å². The number of nitrogens with two attached hydrogens (primary N) is 1. The van der Waals surface area contributed by atoms with Crippen molar-refractivity contribution < 1.29 is 4.79 Å². The van der Waals surface area contributed by atoms with Gasteiger partial charge in [-0.3, -0.25) is 0 Å². The second kappa shape index (κ2) is 3.44. The standard InChI is InChI=1S/C7H16N2O/c1-5(2)9(6(3)4)7(8)10/h5-6H,1-4H3,(H2,8,10). The van der Waals surface area contributed by atoms with E-state index in [9.17, 15) is 4.79 Å². The summed E-state index contributed by atoms with van der Waals surface area (Å²) in [5.74, 6) is 0. The summed E-state index contributed by atoms with van der Waals surface area (Å²) >= 11 is 0. The Morgan fingerprint density at radius 1 is 1.20 bits per heavy atom. The molecule has 3 nitrogen and oxygen atoms in total. The van der Waals surface area contributed by atoms with Crippen LogP contribution in [0.1, 0.15) is 27.7 Å². The monoisotopic (exact) mass is 144 g/mol. The average Bonchev–Trinajstić information content (AvgIpc) is 1.59. The van der Waals surface area contributed by atoms with Crippen molar-refractivity contribution in [2.24, 2.45) is 5.73 Å². The molecule has 10 heavy (non-hydrogen) atoms. The molecule has 0 rings (SSSR count). The molecule has 0 fully saturated rings. The number of carbonyl (C=O) groups is 1. The topological polar surface area (TPSA) is 46.3 Å². The van der Waals surface area contributed by atoms with E-state index in [-0.39, 0.29) is 18.1 Å². The Hall–Kier alpha value is -0.730. The summed E-state index contributed by atoms with van der Waals surface area (Å²) in [6.45, 7) is 7.80. The molecule has 0 saturated carbocycles. The molecular formula is C7H16N2O. The van der Waals surface area contributed by atoms with Crippen molar-refractivity contribution in [3.8, 4) is 0 Å². The molecule has 3 heteroatoms. The van der Waals surface area contributed by atoms with E-state index in [1.165, 1.54) is 0 Å². The number of nitrogens with zero attached hydrogens (tertiary/aromatic N) is 1. The van der Waals surface area contributed by atoms with Gasteiger partial charge in [0, 0.05) is 12.1 Å². The second-order valence-corrected chi connectivity index (χ2v) is 2.93. The van der Waals surface area contributed by atoms with Crippen molar-refractivity contribution in [2.45, 2.75) is 39.8 Å². The lowest BCUT2D eigenvalue weighted by Crippen LogP contribution is -2.45. The van der Waals surface area contributed by atoms with Crippen LogP contribution in [0.5, 0.6) is 0 Å². The largest absolute Gasteiger partial charge is 0.351 e. The molecule has 0 radical (unpaired) electrons. The number of primary amides is 1. The van der Waals surface area contributed by atoms with Gasteiger partial charge in [-0.25, -0.2) is 4.79 Å². The third-order valence-corrected chi connectivity index (χ3v) is 1.37. The smallest absolute Gasteiger partial charge is 0.315 e. The van der Waals surface area contributed by atoms with Crippen molar-refractivity contribution in [2.75, 3.05) is 0 Å². The fraction of sp³-hybridized carbons (Fsp3) is 0.857. The predicted molar refractivity (Wildman–Crippen MR) is 41.7 cm³/mol. The van der Waals surface area contributed by atoms with Crippen molar-refractivity contribution in [1.82, 2.24) is 4.90 Å². The highest BCUT2D eigenvalue weighted by atomic mass is 16.2. The van der Waals surface area contributed by atoms with Gasteiger partial charge in [-0.1, -0.05) is 0 Å². The van der Waals surface area contributed by atoms with Crippen molar-refractivity contribution >= 4 is 6.03 Å². The van der Waals surface area contributed by atoms with Crippen LogP contribution in [0.4, 0.5) is 4.79 Å². The van der Waals surface area contributed by atoms with Crippen LogP contribution in [0.25, 0.3) is 0 Å². The zero-order valence-electron chi connectivity index (χ0n) is 7.09. The first-order valence-electron chi connectivity index (χ1n) is 3.54. The molecule has 2 N–H and O–H groups in total. The summed E-state index contributed by atoms with van der Waals surface area (Å²) in [5, 5.41) is 0. The van der Waals surface area contributed by atoms with Gasteiger partial charge in [0.2, 0.25) is 0 Å². The summed E-state index contributed by atoms with van der Waals surface area (Å²) in [4.78, 5) is 12.4. The van der Waals surface area contributed by atoms with Gasteiger partial charge >= 0.3 is 6.03 Å². The van der Waals surface area contributed by atoms with Gasteiger partial charge in [0.25, 0.3) is 0 Å². The zero-order chi connectivity index (χ0) is 8.31. The first-order chi connectivity index (χ1) is 4.46. The molecule has 0 bridgehead atoms. The third-order valence-electron chi connectivity index (χ3n) is 1.37. The van der Waals surface area contributed by atoms with Gasteiger partial charge in [0.05, 0.1) is 0 Å². The Morgan fingerprint density at radius 3 is 1.50 bits per heavy atom.